The number of rotatable bonds is 6. The van der Waals surface area contributed by atoms with Crippen molar-refractivity contribution in [2.75, 3.05) is 6.54 Å². The lowest BCUT2D eigenvalue weighted by Gasteiger charge is -2.17. The molecule has 0 aliphatic carbocycles. The van der Waals surface area contributed by atoms with Crippen LogP contribution in [0.5, 0.6) is 5.75 Å². The van der Waals surface area contributed by atoms with Gasteiger partial charge in [0.25, 0.3) is 5.91 Å². The molecule has 0 aliphatic rings. The number of phenols is 1. The molecule has 0 saturated carbocycles. The van der Waals surface area contributed by atoms with Crippen molar-refractivity contribution >= 4 is 5.91 Å². The predicted molar refractivity (Wildman–Crippen MR) is 72.7 cm³/mol. The minimum Gasteiger partial charge on any atom is -0.508 e. The van der Waals surface area contributed by atoms with Gasteiger partial charge < -0.3 is 16.2 Å². The Bertz CT molecular complexity index is 405. The molecule has 0 aromatic heterocycles. The summed E-state index contributed by atoms with van der Waals surface area (Å²) in [4.78, 5) is 12.1. The second-order valence-electron chi connectivity index (χ2n) is 4.55. The van der Waals surface area contributed by atoms with Gasteiger partial charge in [0, 0.05) is 18.2 Å². The van der Waals surface area contributed by atoms with E-state index in [0.717, 1.165) is 24.8 Å². The SMILES string of the molecule is CCCCC(CN)NC(=O)c1ccc(O)cc1C. The molecular formula is C14H22N2O2. The van der Waals surface area contributed by atoms with Crippen LogP contribution in [0.3, 0.4) is 0 Å². The number of aryl methyl sites for hydroxylation is 1. The van der Waals surface area contributed by atoms with Crippen molar-refractivity contribution in [1.82, 2.24) is 5.32 Å². The van der Waals surface area contributed by atoms with Crippen LogP contribution in [-0.4, -0.2) is 23.6 Å². The molecule has 0 aliphatic heterocycles. The first-order chi connectivity index (χ1) is 8.58. The number of amides is 1. The quantitative estimate of drug-likeness (QED) is 0.722. The van der Waals surface area contributed by atoms with Crippen LogP contribution in [0, 0.1) is 6.92 Å². The van der Waals surface area contributed by atoms with E-state index in [0.29, 0.717) is 12.1 Å². The van der Waals surface area contributed by atoms with Crippen LogP contribution in [0.15, 0.2) is 18.2 Å². The Kier molecular flexibility index (Phi) is 5.65. The summed E-state index contributed by atoms with van der Waals surface area (Å²) in [6.45, 7) is 4.36. The van der Waals surface area contributed by atoms with Crippen molar-refractivity contribution in [2.24, 2.45) is 5.73 Å². The van der Waals surface area contributed by atoms with Gasteiger partial charge in [-0.15, -0.1) is 0 Å². The van der Waals surface area contributed by atoms with Crippen LogP contribution in [0.25, 0.3) is 0 Å². The molecule has 1 atom stereocenters. The molecule has 0 heterocycles. The van der Waals surface area contributed by atoms with E-state index in [9.17, 15) is 9.90 Å². The van der Waals surface area contributed by atoms with Crippen LogP contribution in [-0.2, 0) is 0 Å². The lowest BCUT2D eigenvalue weighted by molar-refractivity contribution is 0.0935. The van der Waals surface area contributed by atoms with Crippen LogP contribution < -0.4 is 11.1 Å². The summed E-state index contributed by atoms with van der Waals surface area (Å²) in [5, 5.41) is 12.2. The van der Waals surface area contributed by atoms with E-state index in [4.69, 9.17) is 5.73 Å². The third kappa shape index (κ3) is 4.04. The van der Waals surface area contributed by atoms with Gasteiger partial charge in [0.05, 0.1) is 0 Å². The summed E-state index contributed by atoms with van der Waals surface area (Å²) in [5.41, 5.74) is 7.00. The number of benzene rings is 1. The summed E-state index contributed by atoms with van der Waals surface area (Å²) >= 11 is 0. The van der Waals surface area contributed by atoms with E-state index >= 15 is 0 Å². The van der Waals surface area contributed by atoms with Gasteiger partial charge in [0.1, 0.15) is 5.75 Å². The molecule has 18 heavy (non-hydrogen) atoms. The number of carbonyl (C=O) groups excluding carboxylic acids is 1. The lowest BCUT2D eigenvalue weighted by Crippen LogP contribution is -2.40. The highest BCUT2D eigenvalue weighted by molar-refractivity contribution is 5.96. The highest BCUT2D eigenvalue weighted by Crippen LogP contribution is 2.15. The maximum Gasteiger partial charge on any atom is 0.251 e. The fourth-order valence-electron chi connectivity index (χ4n) is 1.87. The highest BCUT2D eigenvalue weighted by Gasteiger charge is 2.13. The van der Waals surface area contributed by atoms with Crippen molar-refractivity contribution in [3.05, 3.63) is 29.3 Å². The lowest BCUT2D eigenvalue weighted by atomic mass is 10.1. The molecule has 0 radical (unpaired) electrons. The molecule has 1 unspecified atom stereocenters. The number of aromatic hydroxyl groups is 1. The number of hydrogen-bond donors (Lipinski definition) is 3. The molecule has 4 heteroatoms. The van der Waals surface area contributed by atoms with E-state index in [1.165, 1.54) is 6.07 Å². The minimum atomic E-state index is -0.126. The highest BCUT2D eigenvalue weighted by atomic mass is 16.3. The Morgan fingerprint density at radius 1 is 1.50 bits per heavy atom. The van der Waals surface area contributed by atoms with E-state index in [1.54, 1.807) is 19.1 Å². The third-order valence-electron chi connectivity index (χ3n) is 2.98. The monoisotopic (exact) mass is 250 g/mol. The fraction of sp³-hybridized carbons (Fsp3) is 0.500. The molecule has 100 valence electrons. The van der Waals surface area contributed by atoms with E-state index in [1.807, 2.05) is 0 Å². The molecule has 0 saturated heterocycles. The largest absolute Gasteiger partial charge is 0.508 e. The van der Waals surface area contributed by atoms with Gasteiger partial charge in [-0.3, -0.25) is 4.79 Å². The Balaban J connectivity index is 2.68. The molecule has 1 rings (SSSR count). The van der Waals surface area contributed by atoms with Gasteiger partial charge in [0.2, 0.25) is 0 Å². The second-order valence-corrected chi connectivity index (χ2v) is 4.55. The smallest absolute Gasteiger partial charge is 0.251 e. The molecule has 1 aromatic rings. The first-order valence-electron chi connectivity index (χ1n) is 6.39. The Labute approximate surface area is 108 Å². The number of phenolic OH excluding ortho intramolecular Hbond substituents is 1. The summed E-state index contributed by atoms with van der Waals surface area (Å²) in [6.07, 6.45) is 3.04. The van der Waals surface area contributed by atoms with Gasteiger partial charge in [0.15, 0.2) is 0 Å². The molecule has 4 N–H and O–H groups in total. The summed E-state index contributed by atoms with van der Waals surface area (Å²) in [5.74, 6) is 0.0458. The average Bonchev–Trinajstić information content (AvgIpc) is 2.34. The van der Waals surface area contributed by atoms with Crippen molar-refractivity contribution in [3.8, 4) is 5.75 Å². The fourth-order valence-corrected chi connectivity index (χ4v) is 1.87. The zero-order valence-corrected chi connectivity index (χ0v) is 11.1. The number of unbranched alkanes of at least 4 members (excludes halogenated alkanes) is 1. The van der Waals surface area contributed by atoms with E-state index in [2.05, 4.69) is 12.2 Å². The van der Waals surface area contributed by atoms with E-state index < -0.39 is 0 Å². The van der Waals surface area contributed by atoms with Gasteiger partial charge >= 0.3 is 0 Å². The van der Waals surface area contributed by atoms with E-state index in [-0.39, 0.29) is 17.7 Å². The summed E-state index contributed by atoms with van der Waals surface area (Å²) < 4.78 is 0. The zero-order valence-electron chi connectivity index (χ0n) is 11.1. The van der Waals surface area contributed by atoms with Crippen LogP contribution in [0.4, 0.5) is 0 Å². The second kappa shape index (κ2) is 7.01. The van der Waals surface area contributed by atoms with Crippen molar-refractivity contribution < 1.29 is 9.90 Å². The average molecular weight is 250 g/mol. The maximum atomic E-state index is 12.1. The third-order valence-corrected chi connectivity index (χ3v) is 2.98. The van der Waals surface area contributed by atoms with Crippen LogP contribution >= 0.6 is 0 Å². The normalized spacial score (nSPS) is 12.2. The van der Waals surface area contributed by atoms with Gasteiger partial charge in [-0.05, 0) is 37.1 Å². The van der Waals surface area contributed by atoms with Crippen LogP contribution in [0.2, 0.25) is 0 Å². The predicted octanol–water partition coefficient (Wildman–Crippen LogP) is 1.95. The molecule has 0 fully saturated rings. The molecule has 0 bridgehead atoms. The molecule has 0 spiro atoms. The topological polar surface area (TPSA) is 75.3 Å². The van der Waals surface area contributed by atoms with Gasteiger partial charge in [-0.2, -0.15) is 0 Å². The Morgan fingerprint density at radius 2 is 2.22 bits per heavy atom. The van der Waals surface area contributed by atoms with Crippen molar-refractivity contribution in [1.29, 1.82) is 0 Å². The number of carbonyl (C=O) groups is 1. The number of hydrogen-bond acceptors (Lipinski definition) is 3. The maximum absolute atomic E-state index is 12.1. The van der Waals surface area contributed by atoms with Gasteiger partial charge in [-0.1, -0.05) is 19.8 Å². The van der Waals surface area contributed by atoms with Crippen molar-refractivity contribution in [3.63, 3.8) is 0 Å². The first kappa shape index (κ1) is 14.5. The number of nitrogens with two attached hydrogens (primary N) is 1. The molecule has 1 aromatic carbocycles. The van der Waals surface area contributed by atoms with Crippen molar-refractivity contribution in [2.45, 2.75) is 39.2 Å². The minimum absolute atomic E-state index is 0.0191. The first-order valence-corrected chi connectivity index (χ1v) is 6.39. The summed E-state index contributed by atoms with van der Waals surface area (Å²) in [7, 11) is 0. The molecule has 4 nitrogen and oxygen atoms in total. The molecule has 1 amide bonds. The Hall–Kier alpha value is -1.55. The number of nitrogens with one attached hydrogen (secondary N) is 1. The Morgan fingerprint density at radius 3 is 2.78 bits per heavy atom. The zero-order chi connectivity index (χ0) is 13.5. The summed E-state index contributed by atoms with van der Waals surface area (Å²) in [6, 6.07) is 4.75. The van der Waals surface area contributed by atoms with Gasteiger partial charge in [-0.25, -0.2) is 0 Å². The van der Waals surface area contributed by atoms with Crippen LogP contribution in [0.1, 0.15) is 42.1 Å². The standard InChI is InChI=1S/C14H22N2O2/c1-3-4-5-11(9-15)16-14(18)13-7-6-12(17)8-10(13)2/h6-8,11,17H,3-5,9,15H2,1-2H3,(H,16,18). The molecular weight excluding hydrogens is 228 g/mol.